The number of hydrogen-bond acceptors (Lipinski definition) is 3. The first-order chi connectivity index (χ1) is 13.5. The van der Waals surface area contributed by atoms with Gasteiger partial charge in [-0.05, 0) is 12.8 Å². The SMILES string of the molecule is CO[C@@](C(=O)O[C@@H](C#C[Si](C)(C)C)C1CCCCC1)(c1ccccc1)C(F)(F)F. The minimum atomic E-state index is -4.98. The maximum Gasteiger partial charge on any atom is 0.432 e. The Morgan fingerprint density at radius 1 is 1.10 bits per heavy atom. The third-order valence-corrected chi connectivity index (χ3v) is 5.97. The number of alkyl halides is 3. The van der Waals surface area contributed by atoms with Crippen molar-refractivity contribution in [3.8, 4) is 11.5 Å². The summed E-state index contributed by atoms with van der Waals surface area (Å²) in [5.74, 6) is 1.49. The summed E-state index contributed by atoms with van der Waals surface area (Å²) in [4.78, 5) is 13.0. The molecular formula is C22H29F3O3Si. The molecule has 1 aliphatic carbocycles. The molecule has 7 heteroatoms. The molecule has 1 aromatic rings. The maximum absolute atomic E-state index is 14.1. The zero-order valence-electron chi connectivity index (χ0n) is 17.4. The number of carbonyl (C=O) groups is 1. The van der Waals surface area contributed by atoms with E-state index in [9.17, 15) is 18.0 Å². The van der Waals surface area contributed by atoms with E-state index in [0.29, 0.717) is 0 Å². The van der Waals surface area contributed by atoms with Crippen LogP contribution in [0.2, 0.25) is 19.6 Å². The summed E-state index contributed by atoms with van der Waals surface area (Å²) in [6, 6.07) is 6.90. The highest BCUT2D eigenvalue weighted by molar-refractivity contribution is 6.83. The van der Waals surface area contributed by atoms with Gasteiger partial charge in [-0.2, -0.15) is 13.2 Å². The van der Waals surface area contributed by atoms with Crippen molar-refractivity contribution >= 4 is 14.0 Å². The normalized spacial score (nSPS) is 18.9. The van der Waals surface area contributed by atoms with Crippen LogP contribution in [-0.2, 0) is 19.9 Å². The Balaban J connectivity index is 2.43. The van der Waals surface area contributed by atoms with Crippen LogP contribution in [0.3, 0.4) is 0 Å². The van der Waals surface area contributed by atoms with Gasteiger partial charge < -0.3 is 9.47 Å². The minimum absolute atomic E-state index is 0.0601. The molecule has 0 aliphatic heterocycles. The topological polar surface area (TPSA) is 35.5 Å². The van der Waals surface area contributed by atoms with Crippen molar-refractivity contribution in [3.63, 3.8) is 0 Å². The molecule has 2 rings (SSSR count). The number of benzene rings is 1. The smallest absolute Gasteiger partial charge is 0.432 e. The van der Waals surface area contributed by atoms with Gasteiger partial charge >= 0.3 is 12.1 Å². The summed E-state index contributed by atoms with van der Waals surface area (Å²) in [7, 11) is -0.915. The monoisotopic (exact) mass is 426 g/mol. The highest BCUT2D eigenvalue weighted by Crippen LogP contribution is 2.43. The van der Waals surface area contributed by atoms with E-state index in [-0.39, 0.29) is 11.5 Å². The zero-order valence-corrected chi connectivity index (χ0v) is 18.4. The maximum atomic E-state index is 14.1. The molecule has 0 unspecified atom stereocenters. The van der Waals surface area contributed by atoms with E-state index in [0.717, 1.165) is 39.2 Å². The zero-order chi connectivity index (χ0) is 21.7. The van der Waals surface area contributed by atoms with Crippen LogP contribution in [0.5, 0.6) is 0 Å². The Morgan fingerprint density at radius 2 is 1.69 bits per heavy atom. The second kappa shape index (κ2) is 9.35. The van der Waals surface area contributed by atoms with Crippen LogP contribution >= 0.6 is 0 Å². The number of carbonyl (C=O) groups excluding carboxylic acids is 1. The highest BCUT2D eigenvalue weighted by atomic mass is 28.3. The molecule has 0 heterocycles. The highest BCUT2D eigenvalue weighted by Gasteiger charge is 2.64. The summed E-state index contributed by atoms with van der Waals surface area (Å²) in [5, 5.41) is 0. The Morgan fingerprint density at radius 3 is 2.17 bits per heavy atom. The van der Waals surface area contributed by atoms with Crippen LogP contribution < -0.4 is 0 Å². The molecule has 0 radical (unpaired) electrons. The number of methoxy groups -OCH3 is 1. The molecule has 0 bridgehead atoms. The van der Waals surface area contributed by atoms with Crippen molar-refractivity contribution < 1.29 is 27.4 Å². The molecule has 0 saturated heterocycles. The van der Waals surface area contributed by atoms with Gasteiger partial charge in [-0.3, -0.25) is 0 Å². The quantitative estimate of drug-likeness (QED) is 0.356. The van der Waals surface area contributed by atoms with E-state index < -0.39 is 31.9 Å². The van der Waals surface area contributed by atoms with Crippen molar-refractivity contribution in [2.24, 2.45) is 5.92 Å². The van der Waals surface area contributed by atoms with Crippen LogP contribution in [0.4, 0.5) is 13.2 Å². The summed E-state index contributed by atoms with van der Waals surface area (Å²) in [5.41, 5.74) is -0.321. The van der Waals surface area contributed by atoms with Crippen molar-refractivity contribution in [3.05, 3.63) is 35.9 Å². The van der Waals surface area contributed by atoms with Gasteiger partial charge in [0.05, 0.1) is 0 Å². The van der Waals surface area contributed by atoms with Crippen molar-refractivity contribution in [1.82, 2.24) is 0 Å². The van der Waals surface area contributed by atoms with Crippen molar-refractivity contribution in [2.75, 3.05) is 7.11 Å². The summed E-state index contributed by atoms with van der Waals surface area (Å²) < 4.78 is 52.7. The molecule has 2 atom stereocenters. The lowest BCUT2D eigenvalue weighted by molar-refractivity contribution is -0.278. The lowest BCUT2D eigenvalue weighted by Crippen LogP contribution is -2.53. The molecule has 160 valence electrons. The molecular weight excluding hydrogens is 397 g/mol. The molecule has 29 heavy (non-hydrogen) atoms. The molecule has 1 fully saturated rings. The Kier molecular flexibility index (Phi) is 7.58. The Hall–Kier alpha value is -1.78. The molecule has 0 N–H and O–H groups in total. The average Bonchev–Trinajstić information content (AvgIpc) is 2.66. The Labute approximate surface area is 172 Å². The van der Waals surface area contributed by atoms with Crippen LogP contribution in [0.25, 0.3) is 0 Å². The van der Waals surface area contributed by atoms with Gasteiger partial charge in [-0.15, -0.1) is 5.54 Å². The Bertz CT molecular complexity index is 741. The van der Waals surface area contributed by atoms with Crippen molar-refractivity contribution in [2.45, 2.75) is 69.6 Å². The molecule has 0 spiro atoms. The largest absolute Gasteiger partial charge is 0.446 e. The standard InChI is InChI=1S/C22H29F3O3Si/c1-27-21(22(23,24)25,18-13-9-6-10-14-18)20(26)28-19(15-16-29(2,3)4)17-11-7-5-8-12-17/h6,9-10,13-14,17,19H,5,7-8,11-12H2,1-4H3/t19-,21+/m0/s1. The van der Waals surface area contributed by atoms with Crippen LogP contribution in [0.15, 0.2) is 30.3 Å². The van der Waals surface area contributed by atoms with E-state index in [2.05, 4.69) is 11.5 Å². The van der Waals surface area contributed by atoms with E-state index >= 15 is 0 Å². The second-order valence-electron chi connectivity index (χ2n) is 8.49. The molecule has 1 aromatic carbocycles. The van der Waals surface area contributed by atoms with Gasteiger partial charge in [0.15, 0.2) is 6.10 Å². The lowest BCUT2D eigenvalue weighted by Gasteiger charge is -2.35. The fourth-order valence-electron chi connectivity index (χ4n) is 3.55. The molecule has 1 aliphatic rings. The molecule has 0 aromatic heterocycles. The number of halogens is 3. The fourth-order valence-corrected chi connectivity index (χ4v) is 4.13. The van der Waals surface area contributed by atoms with Crippen LogP contribution in [0, 0.1) is 17.4 Å². The van der Waals surface area contributed by atoms with Gasteiger partial charge in [-0.1, -0.05) is 75.2 Å². The van der Waals surface area contributed by atoms with E-state index in [1.807, 2.05) is 19.6 Å². The number of hydrogen-bond donors (Lipinski definition) is 0. The van der Waals surface area contributed by atoms with Crippen LogP contribution in [-0.4, -0.2) is 33.4 Å². The van der Waals surface area contributed by atoms with E-state index in [1.54, 1.807) is 6.07 Å². The summed E-state index contributed by atoms with van der Waals surface area (Å²) >= 11 is 0. The molecule has 1 saturated carbocycles. The van der Waals surface area contributed by atoms with E-state index in [1.165, 1.54) is 24.3 Å². The van der Waals surface area contributed by atoms with Gasteiger partial charge in [0.1, 0.15) is 8.07 Å². The average molecular weight is 427 g/mol. The fraction of sp³-hybridized carbons (Fsp3) is 0.591. The lowest BCUT2D eigenvalue weighted by atomic mass is 9.85. The third-order valence-electron chi connectivity index (χ3n) is 5.07. The number of rotatable bonds is 5. The summed E-state index contributed by atoms with van der Waals surface area (Å²) in [6.45, 7) is 6.12. The third kappa shape index (κ3) is 5.64. The van der Waals surface area contributed by atoms with Gasteiger partial charge in [0.25, 0.3) is 5.60 Å². The molecule has 0 amide bonds. The second-order valence-corrected chi connectivity index (χ2v) is 13.2. The van der Waals surface area contributed by atoms with Crippen molar-refractivity contribution in [1.29, 1.82) is 0 Å². The van der Waals surface area contributed by atoms with Gasteiger partial charge in [0.2, 0.25) is 0 Å². The van der Waals surface area contributed by atoms with E-state index in [4.69, 9.17) is 9.47 Å². The first-order valence-corrected chi connectivity index (χ1v) is 13.4. The molecule has 3 nitrogen and oxygen atoms in total. The first-order valence-electron chi connectivity index (χ1n) is 9.92. The summed E-state index contributed by atoms with van der Waals surface area (Å²) in [6.07, 6.45) is -1.28. The number of esters is 1. The minimum Gasteiger partial charge on any atom is -0.446 e. The van der Waals surface area contributed by atoms with Gasteiger partial charge in [-0.25, -0.2) is 4.79 Å². The van der Waals surface area contributed by atoms with Gasteiger partial charge in [0, 0.05) is 18.6 Å². The number of ether oxygens (including phenoxy) is 2. The van der Waals surface area contributed by atoms with Crippen LogP contribution in [0.1, 0.15) is 37.7 Å². The first kappa shape index (κ1) is 23.5. The predicted octanol–water partition coefficient (Wildman–Crippen LogP) is 5.46. The predicted molar refractivity (Wildman–Crippen MR) is 109 cm³/mol.